The van der Waals surface area contributed by atoms with E-state index in [1.165, 1.54) is 44.9 Å². The molecule has 2 saturated heterocycles. The molecule has 0 radical (unpaired) electrons. The van der Waals surface area contributed by atoms with Crippen LogP contribution in [-0.4, -0.2) is 140 Å². The molecule has 0 aromatic carbocycles. The minimum atomic E-state index is -1.81. The maximum Gasteiger partial charge on any atom is 0.220 e. The predicted octanol–water partition coefficient (Wildman–Crippen LogP) is 10.5. The quantitative estimate of drug-likeness (QED) is 0.0205. The van der Waals surface area contributed by atoms with Gasteiger partial charge in [-0.3, -0.25) is 4.79 Å². The van der Waals surface area contributed by atoms with E-state index in [9.17, 15) is 45.6 Å². The third-order valence-electron chi connectivity index (χ3n) is 13.5. The van der Waals surface area contributed by atoms with Gasteiger partial charge in [-0.25, -0.2) is 0 Å². The van der Waals surface area contributed by atoms with Crippen LogP contribution < -0.4 is 5.32 Å². The molecule has 12 unspecified atom stereocenters. The van der Waals surface area contributed by atoms with Crippen LogP contribution in [-0.2, 0) is 23.7 Å². The molecule has 0 spiro atoms. The molecule has 2 aliphatic rings. The lowest BCUT2D eigenvalue weighted by Gasteiger charge is -2.46. The minimum Gasteiger partial charge on any atom is -0.394 e. The highest BCUT2D eigenvalue weighted by Gasteiger charge is 2.51. The van der Waals surface area contributed by atoms with Gasteiger partial charge in [0.05, 0.1) is 32.0 Å². The van der Waals surface area contributed by atoms with Crippen molar-refractivity contribution in [2.45, 2.75) is 242 Å². The molecule has 0 bridgehead atoms. The number of rotatable bonds is 45. The van der Waals surface area contributed by atoms with Crippen LogP contribution in [0.15, 0.2) is 146 Å². The summed E-state index contributed by atoms with van der Waals surface area (Å²) in [6, 6.07) is -0.980. The third kappa shape index (κ3) is 34.3. The maximum absolute atomic E-state index is 13.2. The normalized spacial score (nSPS) is 25.3. The smallest absolute Gasteiger partial charge is 0.220 e. The van der Waals surface area contributed by atoms with Crippen molar-refractivity contribution in [2.24, 2.45) is 0 Å². The zero-order valence-corrected chi connectivity index (χ0v) is 48.5. The van der Waals surface area contributed by atoms with Gasteiger partial charge in [0.25, 0.3) is 0 Å². The van der Waals surface area contributed by atoms with Crippen LogP contribution in [0.1, 0.15) is 168 Å². The molecule has 0 saturated carbocycles. The number of carbonyl (C=O) groups is 1. The maximum atomic E-state index is 13.2. The first-order chi connectivity index (χ1) is 39.1. The second-order valence-electron chi connectivity index (χ2n) is 20.4. The molecule has 2 rings (SSSR count). The number of ether oxygens (including phenoxy) is 4. The summed E-state index contributed by atoms with van der Waals surface area (Å²) in [5.74, 6) is -0.319. The molecule has 14 nitrogen and oxygen atoms in total. The van der Waals surface area contributed by atoms with Crippen LogP contribution in [0.25, 0.3) is 0 Å². The Labute approximate surface area is 481 Å². The summed E-state index contributed by atoms with van der Waals surface area (Å²) in [6.45, 7) is 2.58. The number of carbonyl (C=O) groups excluding carboxylic acids is 1. The largest absolute Gasteiger partial charge is 0.394 e. The van der Waals surface area contributed by atoms with Gasteiger partial charge in [-0.1, -0.05) is 198 Å². The molecular formula is C66H105NO13. The Morgan fingerprint density at radius 2 is 0.875 bits per heavy atom. The summed E-state index contributed by atoms with van der Waals surface area (Å²) in [4.78, 5) is 13.2. The van der Waals surface area contributed by atoms with Gasteiger partial charge in [-0.05, 0) is 109 Å². The Morgan fingerprint density at radius 1 is 0.463 bits per heavy atom. The fourth-order valence-corrected chi connectivity index (χ4v) is 8.67. The third-order valence-corrected chi connectivity index (χ3v) is 13.5. The minimum absolute atomic E-state index is 0.179. The van der Waals surface area contributed by atoms with Gasteiger partial charge >= 0.3 is 0 Å². The number of aliphatic hydroxyl groups is 8. The SMILES string of the molecule is CC/C=C\C/C=C\C/C=C\C/C=C\C/C=C\C/C=C\C/C=C\C/C=C\C/C=C\CCCC(=O)NC(COC1OC(CO)C(OC2OC(CO)C(O)C(O)C2O)C(O)C1O)C(O)/C=C/CC/C=C/CC/C=C/CCCCCCCCC. The van der Waals surface area contributed by atoms with E-state index in [4.69, 9.17) is 18.9 Å². The van der Waals surface area contributed by atoms with Gasteiger partial charge in [0.1, 0.15) is 48.8 Å². The molecule has 0 aromatic rings. The first-order valence-electron chi connectivity index (χ1n) is 30.1. The van der Waals surface area contributed by atoms with E-state index in [1.807, 2.05) is 12.2 Å². The van der Waals surface area contributed by atoms with Crippen LogP contribution >= 0.6 is 0 Å². The van der Waals surface area contributed by atoms with Crippen LogP contribution in [0.5, 0.6) is 0 Å². The molecule has 1 amide bonds. The highest BCUT2D eigenvalue weighted by molar-refractivity contribution is 5.76. The van der Waals surface area contributed by atoms with Crippen molar-refractivity contribution in [1.82, 2.24) is 5.32 Å². The van der Waals surface area contributed by atoms with Crippen molar-refractivity contribution in [1.29, 1.82) is 0 Å². The highest BCUT2D eigenvalue weighted by atomic mass is 16.7. The van der Waals surface area contributed by atoms with Crippen LogP contribution in [0.2, 0.25) is 0 Å². The molecule has 2 aliphatic heterocycles. The van der Waals surface area contributed by atoms with E-state index < -0.39 is 86.8 Å². The topological polar surface area (TPSA) is 228 Å². The molecule has 0 aromatic heterocycles. The Kier molecular flexibility index (Phi) is 44.5. The van der Waals surface area contributed by atoms with E-state index >= 15 is 0 Å². The first kappa shape index (κ1) is 72.0. The molecule has 80 heavy (non-hydrogen) atoms. The van der Waals surface area contributed by atoms with Gasteiger partial charge in [-0.15, -0.1) is 0 Å². The van der Waals surface area contributed by atoms with Gasteiger partial charge < -0.3 is 65.1 Å². The summed E-state index contributed by atoms with van der Waals surface area (Å²) >= 11 is 0. The van der Waals surface area contributed by atoms with E-state index in [0.717, 1.165) is 83.5 Å². The number of unbranched alkanes of at least 4 members (excludes halogenated alkanes) is 10. The number of amides is 1. The van der Waals surface area contributed by atoms with E-state index in [-0.39, 0.29) is 18.9 Å². The molecule has 452 valence electrons. The number of allylic oxidation sites excluding steroid dienone is 23. The predicted molar refractivity (Wildman–Crippen MR) is 322 cm³/mol. The molecule has 2 fully saturated rings. The summed E-state index contributed by atoms with van der Waals surface area (Å²) in [5, 5.41) is 87.0. The van der Waals surface area contributed by atoms with E-state index in [0.29, 0.717) is 19.3 Å². The van der Waals surface area contributed by atoms with Crippen molar-refractivity contribution in [3.63, 3.8) is 0 Å². The molecule has 12 atom stereocenters. The van der Waals surface area contributed by atoms with Crippen molar-refractivity contribution in [2.75, 3.05) is 19.8 Å². The van der Waals surface area contributed by atoms with Gasteiger partial charge in [0, 0.05) is 6.42 Å². The second-order valence-corrected chi connectivity index (χ2v) is 20.4. The number of hydrogen-bond donors (Lipinski definition) is 9. The van der Waals surface area contributed by atoms with Gasteiger partial charge in [0.15, 0.2) is 12.6 Å². The Bertz CT molecular complexity index is 1900. The van der Waals surface area contributed by atoms with Crippen molar-refractivity contribution < 1.29 is 64.6 Å². The number of hydrogen-bond acceptors (Lipinski definition) is 13. The van der Waals surface area contributed by atoms with Crippen LogP contribution in [0.3, 0.4) is 0 Å². The average molecular weight is 1120 g/mol. The number of nitrogens with one attached hydrogen (secondary N) is 1. The monoisotopic (exact) mass is 1120 g/mol. The second kappa shape index (κ2) is 49.5. The van der Waals surface area contributed by atoms with Gasteiger partial charge in [0.2, 0.25) is 5.91 Å². The Morgan fingerprint density at radius 3 is 1.38 bits per heavy atom. The molecule has 14 heteroatoms. The first-order valence-corrected chi connectivity index (χ1v) is 30.1. The van der Waals surface area contributed by atoms with Gasteiger partial charge in [-0.2, -0.15) is 0 Å². The Balaban J connectivity index is 1.81. The molecule has 9 N–H and O–H groups in total. The fourth-order valence-electron chi connectivity index (χ4n) is 8.67. The lowest BCUT2D eigenvalue weighted by molar-refractivity contribution is -0.359. The fraction of sp³-hybridized carbons (Fsp3) is 0.621. The lowest BCUT2D eigenvalue weighted by atomic mass is 9.97. The van der Waals surface area contributed by atoms with Crippen LogP contribution in [0.4, 0.5) is 0 Å². The lowest BCUT2D eigenvalue weighted by Crippen LogP contribution is -2.65. The highest BCUT2D eigenvalue weighted by Crippen LogP contribution is 2.30. The summed E-state index contributed by atoms with van der Waals surface area (Å²) in [7, 11) is 0. The molecule has 0 aliphatic carbocycles. The zero-order valence-electron chi connectivity index (χ0n) is 48.5. The summed E-state index contributed by atoms with van der Waals surface area (Å²) < 4.78 is 22.7. The molecular weight excluding hydrogens is 1010 g/mol. The van der Waals surface area contributed by atoms with E-state index in [1.54, 1.807) is 6.08 Å². The molecule has 2 heterocycles. The summed E-state index contributed by atoms with van der Waals surface area (Å²) in [5.41, 5.74) is 0. The number of aliphatic hydroxyl groups excluding tert-OH is 8. The van der Waals surface area contributed by atoms with Crippen molar-refractivity contribution in [3.05, 3.63) is 146 Å². The van der Waals surface area contributed by atoms with E-state index in [2.05, 4.69) is 147 Å². The van der Waals surface area contributed by atoms with Crippen molar-refractivity contribution >= 4 is 5.91 Å². The average Bonchev–Trinajstić information content (AvgIpc) is 3.46. The van der Waals surface area contributed by atoms with Crippen molar-refractivity contribution in [3.8, 4) is 0 Å². The standard InChI is InChI=1S/C66H105NO13/c1-3-5-7-9-11-13-15-17-19-21-22-23-24-25-26-27-28-29-30-31-32-34-36-38-40-42-44-46-48-50-58(71)67-54(55(70)49-47-45-43-41-39-37-35-33-20-18-16-14-12-10-8-6-4-2)53-77-65-63(76)61(74)64(57(52-69)79-65)80-66-62(75)60(73)59(72)56(51-68)78-66/h5,7,11,13,17,19-20,22-23,25-26,28-29,31-33,36,38-39,41-42,44,47,49,54-57,59-66,68-70,72-76H,3-4,6,8-10,12,14-16,18,21,24,27,30,34-35,37,40,43,45-46,48,50-53H2,1-2H3,(H,67,71)/b7-5-,13-11-,19-17-,23-22-,26-25-,29-28-,32-31-,33-20+,38-36-,41-39+,44-42-,49-47+. The Hall–Kier alpha value is -4.13. The zero-order chi connectivity index (χ0) is 58.1. The van der Waals surface area contributed by atoms with Crippen LogP contribution in [0, 0.1) is 0 Å². The summed E-state index contributed by atoms with van der Waals surface area (Å²) in [6.07, 6.45) is 57.4.